The summed E-state index contributed by atoms with van der Waals surface area (Å²) in [5.41, 5.74) is 2.56. The van der Waals surface area contributed by atoms with E-state index in [9.17, 15) is 4.79 Å². The predicted molar refractivity (Wildman–Crippen MR) is 122 cm³/mol. The fourth-order valence-corrected chi connectivity index (χ4v) is 4.55. The van der Waals surface area contributed by atoms with Crippen LogP contribution in [0.1, 0.15) is 20.8 Å². The number of aromatic nitrogens is 2. The van der Waals surface area contributed by atoms with Crippen LogP contribution in [-0.4, -0.2) is 22.5 Å². The predicted octanol–water partition coefficient (Wildman–Crippen LogP) is 6.45. The quantitative estimate of drug-likeness (QED) is 0.337. The molecule has 0 aliphatic rings. The number of benzene rings is 2. The molecular formula is C22H17Cl2N3O2S. The molecule has 2 aromatic heterocycles. The van der Waals surface area contributed by atoms with Crippen molar-refractivity contribution in [2.45, 2.75) is 13.3 Å². The maximum atomic E-state index is 12.7. The van der Waals surface area contributed by atoms with E-state index in [1.165, 1.54) is 17.7 Å². The number of esters is 1. The Hall–Kier alpha value is -2.67. The number of hydrogen-bond acceptors (Lipinski definition) is 6. The molecule has 0 radical (unpaired) electrons. The molecule has 1 N–H and O–H groups in total. The maximum absolute atomic E-state index is 12.7. The topological polar surface area (TPSA) is 64.1 Å². The average molecular weight is 458 g/mol. The first-order valence-electron chi connectivity index (χ1n) is 9.20. The molecule has 152 valence electrons. The van der Waals surface area contributed by atoms with E-state index in [0.29, 0.717) is 44.3 Å². The minimum absolute atomic E-state index is 0.313. The highest BCUT2D eigenvalue weighted by molar-refractivity contribution is 7.20. The van der Waals surface area contributed by atoms with Crippen LogP contribution >= 0.6 is 34.5 Å². The number of nitrogens with one attached hydrogen (secondary N) is 1. The molecule has 0 aliphatic heterocycles. The molecule has 0 spiro atoms. The van der Waals surface area contributed by atoms with Crippen LogP contribution in [-0.2, 0) is 11.2 Å². The lowest BCUT2D eigenvalue weighted by Crippen LogP contribution is -2.07. The van der Waals surface area contributed by atoms with Gasteiger partial charge in [0.15, 0.2) is 0 Å². The number of carbonyl (C=O) groups excluding carboxylic acids is 1. The summed E-state index contributed by atoms with van der Waals surface area (Å²) in [6.45, 7) is 2.18. The third-order valence-corrected chi connectivity index (χ3v) is 6.29. The smallest absolute Gasteiger partial charge is 0.348 e. The first-order valence-corrected chi connectivity index (χ1v) is 10.8. The molecule has 0 amide bonds. The van der Waals surface area contributed by atoms with E-state index in [1.807, 2.05) is 37.3 Å². The summed E-state index contributed by atoms with van der Waals surface area (Å²) in [7, 11) is 0. The number of nitrogens with zero attached hydrogens (tertiary/aromatic N) is 2. The summed E-state index contributed by atoms with van der Waals surface area (Å²) in [6, 6.07) is 15.1. The lowest BCUT2D eigenvalue weighted by molar-refractivity contribution is 0.0514. The van der Waals surface area contributed by atoms with Crippen molar-refractivity contribution in [3.63, 3.8) is 0 Å². The van der Waals surface area contributed by atoms with Gasteiger partial charge in [0.05, 0.1) is 22.7 Å². The zero-order valence-electron chi connectivity index (χ0n) is 16.0. The number of thiophene rings is 1. The van der Waals surface area contributed by atoms with Crippen LogP contribution in [0.3, 0.4) is 0 Å². The number of ether oxygens (including phenoxy) is 1. The van der Waals surface area contributed by atoms with Gasteiger partial charge in [-0.2, -0.15) is 0 Å². The first-order chi connectivity index (χ1) is 14.5. The molecule has 0 fully saturated rings. The van der Waals surface area contributed by atoms with Gasteiger partial charge >= 0.3 is 5.97 Å². The van der Waals surface area contributed by atoms with E-state index in [2.05, 4.69) is 15.3 Å². The fourth-order valence-electron chi connectivity index (χ4n) is 3.05. The van der Waals surface area contributed by atoms with Gasteiger partial charge in [0, 0.05) is 11.4 Å². The average Bonchev–Trinajstić information content (AvgIpc) is 3.08. The molecule has 0 atom stereocenters. The van der Waals surface area contributed by atoms with Gasteiger partial charge in [0.1, 0.15) is 21.9 Å². The Labute approximate surface area is 187 Å². The summed E-state index contributed by atoms with van der Waals surface area (Å²) in [4.78, 5) is 22.5. The standard InChI is InChI=1S/C22H17Cl2N3O2S/c1-13-18-20(27-17-8-7-15(23)11-16(17)24)25-12-26-21(18)30-19(13)22(28)29-10-9-14-5-3-2-4-6-14/h2-8,11-12H,9-10H2,1H3,(H,25,26,27). The summed E-state index contributed by atoms with van der Waals surface area (Å²) >= 11 is 13.5. The highest BCUT2D eigenvalue weighted by Crippen LogP contribution is 2.36. The molecular weight excluding hydrogens is 441 g/mol. The molecule has 4 rings (SSSR count). The van der Waals surface area contributed by atoms with Crippen LogP contribution in [0.5, 0.6) is 0 Å². The van der Waals surface area contributed by atoms with Gasteiger partial charge < -0.3 is 10.1 Å². The second kappa shape index (κ2) is 9.00. The molecule has 0 aliphatic carbocycles. The minimum atomic E-state index is -0.359. The Morgan fingerprint density at radius 3 is 2.70 bits per heavy atom. The van der Waals surface area contributed by atoms with Crippen molar-refractivity contribution in [3.8, 4) is 0 Å². The molecule has 30 heavy (non-hydrogen) atoms. The van der Waals surface area contributed by atoms with E-state index >= 15 is 0 Å². The van der Waals surface area contributed by atoms with Crippen LogP contribution in [0.2, 0.25) is 10.0 Å². The van der Waals surface area contributed by atoms with E-state index in [1.54, 1.807) is 18.2 Å². The van der Waals surface area contributed by atoms with Crippen LogP contribution < -0.4 is 5.32 Å². The van der Waals surface area contributed by atoms with Crippen LogP contribution in [0.15, 0.2) is 54.9 Å². The summed E-state index contributed by atoms with van der Waals surface area (Å²) < 4.78 is 5.50. The number of rotatable bonds is 6. The Kier molecular flexibility index (Phi) is 6.18. The highest BCUT2D eigenvalue weighted by atomic mass is 35.5. The molecule has 0 bridgehead atoms. The lowest BCUT2D eigenvalue weighted by Gasteiger charge is -2.09. The van der Waals surface area contributed by atoms with Gasteiger partial charge in [-0.3, -0.25) is 0 Å². The number of carbonyl (C=O) groups is 1. The molecule has 0 saturated carbocycles. The van der Waals surface area contributed by atoms with Gasteiger partial charge in [-0.15, -0.1) is 11.3 Å². The molecule has 2 aromatic carbocycles. The first kappa shape index (κ1) is 20.6. The van der Waals surface area contributed by atoms with Crippen molar-refractivity contribution in [1.29, 1.82) is 0 Å². The molecule has 0 saturated heterocycles. The lowest BCUT2D eigenvalue weighted by atomic mass is 10.2. The fraction of sp³-hybridized carbons (Fsp3) is 0.136. The Morgan fingerprint density at radius 2 is 1.93 bits per heavy atom. The molecule has 5 nitrogen and oxygen atoms in total. The Bertz CT molecular complexity index is 1210. The summed E-state index contributed by atoms with van der Waals surface area (Å²) in [6.07, 6.45) is 2.12. The van der Waals surface area contributed by atoms with Gasteiger partial charge in [-0.1, -0.05) is 53.5 Å². The third-order valence-electron chi connectivity index (χ3n) is 4.56. The highest BCUT2D eigenvalue weighted by Gasteiger charge is 2.21. The summed E-state index contributed by atoms with van der Waals surface area (Å²) in [5, 5.41) is 5.00. The van der Waals surface area contributed by atoms with Gasteiger partial charge in [-0.25, -0.2) is 14.8 Å². The Balaban J connectivity index is 1.56. The number of aryl methyl sites for hydroxylation is 1. The molecule has 8 heteroatoms. The van der Waals surface area contributed by atoms with Gasteiger partial charge in [0.25, 0.3) is 0 Å². The molecule has 4 aromatic rings. The van der Waals surface area contributed by atoms with Crippen LogP contribution in [0, 0.1) is 6.92 Å². The maximum Gasteiger partial charge on any atom is 0.348 e. The molecule has 2 heterocycles. The third kappa shape index (κ3) is 4.41. The van der Waals surface area contributed by atoms with Gasteiger partial charge in [0.2, 0.25) is 0 Å². The number of hydrogen-bond donors (Lipinski definition) is 1. The van der Waals surface area contributed by atoms with Crippen LogP contribution in [0.4, 0.5) is 11.5 Å². The second-order valence-corrected chi connectivity index (χ2v) is 8.42. The van der Waals surface area contributed by atoms with Crippen molar-refractivity contribution < 1.29 is 9.53 Å². The van der Waals surface area contributed by atoms with Crippen molar-refractivity contribution in [1.82, 2.24) is 9.97 Å². The zero-order chi connectivity index (χ0) is 21.1. The Morgan fingerprint density at radius 1 is 1.13 bits per heavy atom. The SMILES string of the molecule is Cc1c(C(=O)OCCc2ccccc2)sc2ncnc(Nc3ccc(Cl)cc3Cl)c12. The van der Waals surface area contributed by atoms with Gasteiger partial charge in [-0.05, 0) is 36.2 Å². The van der Waals surface area contributed by atoms with E-state index < -0.39 is 0 Å². The van der Waals surface area contributed by atoms with Crippen molar-refractivity contribution in [3.05, 3.63) is 80.9 Å². The summed E-state index contributed by atoms with van der Waals surface area (Å²) in [5.74, 6) is 0.211. The molecule has 0 unspecified atom stereocenters. The minimum Gasteiger partial charge on any atom is -0.461 e. The number of fused-ring (bicyclic) bond motifs is 1. The van der Waals surface area contributed by atoms with Crippen molar-refractivity contribution in [2.75, 3.05) is 11.9 Å². The zero-order valence-corrected chi connectivity index (χ0v) is 18.3. The van der Waals surface area contributed by atoms with Crippen molar-refractivity contribution in [2.24, 2.45) is 0 Å². The monoisotopic (exact) mass is 457 g/mol. The van der Waals surface area contributed by atoms with Crippen LogP contribution in [0.25, 0.3) is 10.2 Å². The van der Waals surface area contributed by atoms with E-state index in [4.69, 9.17) is 27.9 Å². The largest absolute Gasteiger partial charge is 0.461 e. The van der Waals surface area contributed by atoms with Crippen molar-refractivity contribution >= 4 is 62.2 Å². The second-order valence-electron chi connectivity index (χ2n) is 6.58. The number of halogens is 2. The normalized spacial score (nSPS) is 10.9. The van der Waals surface area contributed by atoms with E-state index in [0.717, 1.165) is 16.5 Å². The van der Waals surface area contributed by atoms with E-state index in [-0.39, 0.29) is 5.97 Å². The number of anilines is 2.